The fourth-order valence-electron chi connectivity index (χ4n) is 9.41. The average Bonchev–Trinajstić information content (AvgIpc) is 4.11. The van der Waals surface area contributed by atoms with Crippen LogP contribution >= 0.6 is 102 Å². The third-order valence-electron chi connectivity index (χ3n) is 13.7. The van der Waals surface area contributed by atoms with Crippen LogP contribution in [0.4, 0.5) is 0 Å². The smallest absolute Gasteiger partial charge is 0.0827 e. The van der Waals surface area contributed by atoms with Crippen molar-refractivity contribution >= 4 is 145 Å². The van der Waals surface area contributed by atoms with Crippen molar-refractivity contribution in [2.75, 3.05) is 0 Å². The molecule has 0 bridgehead atoms. The van der Waals surface area contributed by atoms with Gasteiger partial charge in [0.25, 0.3) is 0 Å². The summed E-state index contributed by atoms with van der Waals surface area (Å²) >= 11 is 18.2. The number of thiophene rings is 9. The first-order valence-electron chi connectivity index (χ1n) is 21.6. The standard InChI is InChI=1S/C49H54S9Si4/c1-11-32-14-17-35(50-32)38-20-23-41(53-38)44-26-29-47(56-44)59(4,5)62(10,60(6,7)48-30-27-45(57-48)42-24-21-39(54-42)36-18-15-33(12-2)51-36)61(8,9)49-31-28-46(58-49)43-25-22-40(55-43)37-19-16-34(13-3)52-37/h14-31H,11-13H2,1-10H3. The van der Waals surface area contributed by atoms with Crippen LogP contribution in [0.15, 0.2) is 109 Å². The van der Waals surface area contributed by atoms with Gasteiger partial charge in [0.05, 0.1) is 29.4 Å². The first kappa shape index (κ1) is 45.3. The van der Waals surface area contributed by atoms with Crippen molar-refractivity contribution in [3.63, 3.8) is 0 Å². The molecule has 0 aliphatic heterocycles. The molecular weight excluding hydrogens is 989 g/mol. The molecule has 9 heterocycles. The van der Waals surface area contributed by atoms with Crippen LogP contribution in [-0.2, 0) is 19.3 Å². The molecule has 0 saturated carbocycles. The first-order chi connectivity index (χ1) is 29.7. The lowest BCUT2D eigenvalue weighted by atomic mass is 10.3. The molecule has 0 atom stereocenters. The van der Waals surface area contributed by atoms with Crippen LogP contribution in [0.25, 0.3) is 58.5 Å². The number of hydrogen-bond donors (Lipinski definition) is 0. The van der Waals surface area contributed by atoms with E-state index >= 15 is 0 Å². The maximum atomic E-state index is 2.94. The molecule has 0 saturated heterocycles. The van der Waals surface area contributed by atoms with Crippen molar-refractivity contribution in [3.8, 4) is 58.5 Å². The summed E-state index contributed by atoms with van der Waals surface area (Å²) in [6, 6.07) is 43.4. The first-order valence-corrected chi connectivity index (χ1v) is 43.4. The minimum absolute atomic E-state index is 1.10. The Morgan fingerprint density at radius 3 is 0.677 bits per heavy atom. The molecular formula is C49H54S9Si4. The Bertz CT molecular complexity index is 2650. The Morgan fingerprint density at radius 1 is 0.258 bits per heavy atom. The lowest BCUT2D eigenvalue weighted by molar-refractivity contribution is 1.19. The van der Waals surface area contributed by atoms with Gasteiger partial charge in [0.15, 0.2) is 0 Å². The zero-order valence-electron chi connectivity index (χ0n) is 37.2. The highest BCUT2D eigenvalue weighted by Crippen LogP contribution is 2.46. The fraction of sp³-hybridized carbons (Fsp3) is 0.265. The highest BCUT2D eigenvalue weighted by molar-refractivity contribution is 7.96. The summed E-state index contributed by atoms with van der Waals surface area (Å²) in [4.78, 5) is 21.4. The van der Waals surface area contributed by atoms with Crippen molar-refractivity contribution in [2.45, 2.75) is 85.9 Å². The van der Waals surface area contributed by atoms with Gasteiger partial charge in [-0.1, -0.05) is 84.8 Å². The largest absolute Gasteiger partial charge is 0.144 e. The Balaban J connectivity index is 1.10. The minimum atomic E-state index is -2.10. The molecule has 0 aliphatic rings. The van der Waals surface area contributed by atoms with Crippen LogP contribution in [0, 0.1) is 0 Å². The zero-order chi connectivity index (χ0) is 43.6. The topological polar surface area (TPSA) is 0 Å². The summed E-state index contributed by atoms with van der Waals surface area (Å²) in [6.45, 7) is 24.5. The molecule has 320 valence electrons. The second kappa shape index (κ2) is 17.8. The van der Waals surface area contributed by atoms with E-state index in [9.17, 15) is 0 Å². The number of rotatable bonds is 15. The van der Waals surface area contributed by atoms with Gasteiger partial charge in [-0.05, 0) is 124 Å². The number of hydrogen-bond acceptors (Lipinski definition) is 9. The maximum absolute atomic E-state index is 2.94. The van der Waals surface area contributed by atoms with Gasteiger partial charge < -0.3 is 0 Å². The summed E-state index contributed by atoms with van der Waals surface area (Å²) in [5.41, 5.74) is 0. The van der Waals surface area contributed by atoms with Crippen molar-refractivity contribution in [1.82, 2.24) is 0 Å². The van der Waals surface area contributed by atoms with Crippen LogP contribution in [0.3, 0.4) is 0 Å². The van der Waals surface area contributed by atoms with E-state index in [-0.39, 0.29) is 0 Å². The highest BCUT2D eigenvalue weighted by atomic mass is 32.1. The van der Waals surface area contributed by atoms with Gasteiger partial charge in [0.1, 0.15) is 0 Å². The van der Waals surface area contributed by atoms with Gasteiger partial charge in [0, 0.05) is 73.2 Å². The Labute approximate surface area is 408 Å². The van der Waals surface area contributed by atoms with Gasteiger partial charge >= 0.3 is 0 Å². The van der Waals surface area contributed by atoms with Crippen molar-refractivity contribution in [1.29, 1.82) is 0 Å². The molecule has 9 aromatic heterocycles. The van der Waals surface area contributed by atoms with E-state index in [1.54, 1.807) is 13.5 Å². The summed E-state index contributed by atoms with van der Waals surface area (Å²) in [5.74, 6) is 0. The predicted octanol–water partition coefficient (Wildman–Crippen LogP) is 17.4. The van der Waals surface area contributed by atoms with E-state index in [0.29, 0.717) is 0 Å². The summed E-state index contributed by atoms with van der Waals surface area (Å²) < 4.78 is 5.14. The summed E-state index contributed by atoms with van der Waals surface area (Å²) in [7, 11) is -6.16. The third-order valence-corrected chi connectivity index (χ3v) is 102. The summed E-state index contributed by atoms with van der Waals surface area (Å²) in [6.07, 6.45) is 3.31. The van der Waals surface area contributed by atoms with Gasteiger partial charge in [-0.2, -0.15) is 0 Å². The van der Waals surface area contributed by atoms with Gasteiger partial charge in [-0.25, -0.2) is 0 Å². The van der Waals surface area contributed by atoms with Crippen LogP contribution in [0.1, 0.15) is 35.4 Å². The van der Waals surface area contributed by atoms with Crippen LogP contribution in [0.5, 0.6) is 0 Å². The SMILES string of the molecule is CCc1ccc(-c2ccc(-c3ccc([Si](C)(C)[Si](C)([Si](C)(C)c4ccc(-c5ccc(-c6ccc(CC)s6)s5)s4)[Si](C)(C)c4ccc(-c5ccc(-c6ccc(CC)s6)s5)s4)s3)s2)s1. The molecule has 0 spiro atoms. The second-order valence-corrected chi connectivity index (χ2v) is 67.3. The predicted molar refractivity (Wildman–Crippen MR) is 304 cm³/mol. The second-order valence-electron chi connectivity index (χ2n) is 17.8. The molecule has 0 N–H and O–H groups in total. The molecule has 9 aromatic rings. The van der Waals surface area contributed by atoms with E-state index in [1.165, 1.54) is 73.2 Å². The molecule has 62 heavy (non-hydrogen) atoms. The molecule has 0 fully saturated rings. The molecule has 0 amide bonds. The lowest BCUT2D eigenvalue weighted by Crippen LogP contribution is -2.90. The van der Waals surface area contributed by atoms with Gasteiger partial charge in [-0.3, -0.25) is 0 Å². The Hall–Kier alpha value is -1.83. The quantitative estimate of drug-likeness (QED) is 0.0898. The molecule has 9 rings (SSSR count). The maximum Gasteiger partial charge on any atom is 0.0827 e. The Kier molecular flexibility index (Phi) is 13.0. The monoisotopic (exact) mass is 1040 g/mol. The van der Waals surface area contributed by atoms with Crippen LogP contribution < -0.4 is 13.5 Å². The van der Waals surface area contributed by atoms with E-state index < -0.39 is 29.4 Å². The van der Waals surface area contributed by atoms with Gasteiger partial charge in [0.2, 0.25) is 0 Å². The zero-order valence-corrected chi connectivity index (χ0v) is 48.5. The molecule has 0 aromatic carbocycles. The lowest BCUT2D eigenvalue weighted by Gasteiger charge is -2.57. The van der Waals surface area contributed by atoms with Crippen molar-refractivity contribution in [3.05, 3.63) is 124 Å². The highest BCUT2D eigenvalue weighted by Gasteiger charge is 2.66. The van der Waals surface area contributed by atoms with E-state index in [4.69, 9.17) is 0 Å². The molecule has 0 nitrogen and oxygen atoms in total. The minimum Gasteiger partial charge on any atom is -0.144 e. The van der Waals surface area contributed by atoms with Crippen molar-refractivity contribution in [2.24, 2.45) is 0 Å². The molecule has 0 radical (unpaired) electrons. The van der Waals surface area contributed by atoms with E-state index in [0.717, 1.165) is 19.3 Å². The molecule has 0 aliphatic carbocycles. The molecule has 0 unspecified atom stereocenters. The Morgan fingerprint density at radius 2 is 0.452 bits per heavy atom. The van der Waals surface area contributed by atoms with Crippen molar-refractivity contribution < 1.29 is 0 Å². The fourth-order valence-corrected chi connectivity index (χ4v) is 110. The normalized spacial score (nSPS) is 12.9. The average molecular weight is 1040 g/mol. The third kappa shape index (κ3) is 8.00. The van der Waals surface area contributed by atoms with E-state index in [1.807, 2.05) is 68.0 Å². The molecule has 13 heteroatoms. The number of aryl methyl sites for hydroxylation is 3. The summed E-state index contributed by atoms with van der Waals surface area (Å²) in [5, 5.41) is 0. The van der Waals surface area contributed by atoms with Crippen LogP contribution in [0.2, 0.25) is 45.8 Å². The van der Waals surface area contributed by atoms with Crippen LogP contribution in [-0.4, -0.2) is 29.4 Å². The van der Waals surface area contributed by atoms with Gasteiger partial charge in [-0.15, -0.1) is 102 Å². The van der Waals surface area contributed by atoms with E-state index in [2.05, 4.69) is 210 Å².